The lowest BCUT2D eigenvalue weighted by Crippen LogP contribution is -2.26. The summed E-state index contributed by atoms with van der Waals surface area (Å²) in [6.45, 7) is 0.0416. The van der Waals surface area contributed by atoms with E-state index in [1.165, 1.54) is 37.3 Å². The van der Waals surface area contributed by atoms with Crippen LogP contribution in [0.1, 0.15) is 16.3 Å². The Bertz CT molecular complexity index is 1080. The summed E-state index contributed by atoms with van der Waals surface area (Å²) in [5, 5.41) is 8.89. The summed E-state index contributed by atoms with van der Waals surface area (Å²) in [6, 6.07) is 9.57. The van der Waals surface area contributed by atoms with Crippen molar-refractivity contribution in [2.75, 3.05) is 19.1 Å². The molecule has 31 heavy (non-hydrogen) atoms. The molecule has 9 nitrogen and oxygen atoms in total. The van der Waals surface area contributed by atoms with Gasteiger partial charge in [-0.2, -0.15) is 0 Å². The number of anilines is 1. The maximum absolute atomic E-state index is 12.4. The molecule has 1 aliphatic rings. The van der Waals surface area contributed by atoms with Crippen molar-refractivity contribution < 1.29 is 38.1 Å². The van der Waals surface area contributed by atoms with Gasteiger partial charge in [0.05, 0.1) is 19.8 Å². The Balaban J connectivity index is 1.82. The van der Waals surface area contributed by atoms with Crippen LogP contribution >= 0.6 is 0 Å². The van der Waals surface area contributed by atoms with Gasteiger partial charge in [0.2, 0.25) is 5.76 Å². The largest absolute Gasteiger partial charge is 0.486 e. The number of allylic oxidation sites excluding steroid dienone is 2. The summed E-state index contributed by atoms with van der Waals surface area (Å²) in [5.41, 5.74) is 0.622. The van der Waals surface area contributed by atoms with Gasteiger partial charge in [0.15, 0.2) is 0 Å². The van der Waals surface area contributed by atoms with Crippen molar-refractivity contribution in [1.82, 2.24) is 0 Å². The topological polar surface area (TPSA) is 116 Å². The molecule has 3 rings (SSSR count). The van der Waals surface area contributed by atoms with Crippen molar-refractivity contribution in [2.45, 2.75) is 6.61 Å². The van der Waals surface area contributed by atoms with E-state index in [9.17, 15) is 14.4 Å². The molecule has 0 radical (unpaired) electrons. The zero-order valence-electron chi connectivity index (χ0n) is 16.7. The normalized spacial score (nSPS) is 13.0. The third kappa shape index (κ3) is 4.84. The van der Waals surface area contributed by atoms with Gasteiger partial charge in [-0.1, -0.05) is 6.08 Å². The van der Waals surface area contributed by atoms with Gasteiger partial charge in [0.25, 0.3) is 0 Å². The number of ether oxygens (including phenoxy) is 3. The lowest BCUT2D eigenvalue weighted by Gasteiger charge is -2.23. The number of carbonyl (C=O) groups is 3. The molecule has 0 spiro atoms. The fourth-order valence-corrected chi connectivity index (χ4v) is 2.79. The van der Waals surface area contributed by atoms with E-state index in [-0.39, 0.29) is 23.6 Å². The highest BCUT2D eigenvalue weighted by molar-refractivity contribution is 6.05. The first-order chi connectivity index (χ1) is 14.9. The fourth-order valence-electron chi connectivity index (χ4n) is 2.79. The molecule has 160 valence electrons. The molecule has 0 aliphatic carbocycles. The van der Waals surface area contributed by atoms with Crippen LogP contribution < -0.4 is 9.64 Å². The number of methoxy groups -OCH3 is 2. The predicted molar refractivity (Wildman–Crippen MR) is 108 cm³/mol. The zero-order valence-corrected chi connectivity index (χ0v) is 16.7. The fraction of sp³-hybridized carbons (Fsp3) is 0.136. The molecular weight excluding hydrogens is 406 g/mol. The maximum Gasteiger partial charge on any atom is 0.371 e. The second kappa shape index (κ2) is 9.49. The minimum absolute atomic E-state index is 0.00445. The first kappa shape index (κ1) is 21.4. The van der Waals surface area contributed by atoms with E-state index >= 15 is 0 Å². The van der Waals surface area contributed by atoms with Crippen LogP contribution in [0.15, 0.2) is 76.5 Å². The minimum Gasteiger partial charge on any atom is -0.486 e. The van der Waals surface area contributed by atoms with Crippen LogP contribution in [-0.2, 0) is 25.7 Å². The molecule has 0 atom stereocenters. The highest BCUT2D eigenvalue weighted by atomic mass is 16.5. The van der Waals surface area contributed by atoms with E-state index in [1.54, 1.807) is 42.6 Å². The molecule has 9 heteroatoms. The van der Waals surface area contributed by atoms with Crippen molar-refractivity contribution in [3.63, 3.8) is 0 Å². The van der Waals surface area contributed by atoms with Crippen molar-refractivity contribution in [3.05, 3.63) is 83.6 Å². The van der Waals surface area contributed by atoms with Gasteiger partial charge in [-0.25, -0.2) is 14.4 Å². The molecule has 0 unspecified atom stereocenters. The van der Waals surface area contributed by atoms with Crippen molar-refractivity contribution >= 4 is 23.6 Å². The molecule has 0 saturated heterocycles. The number of carboxylic acid groups (broad SMARTS) is 1. The summed E-state index contributed by atoms with van der Waals surface area (Å²) in [5.74, 6) is -1.85. The van der Waals surface area contributed by atoms with Crippen LogP contribution in [0.4, 0.5) is 5.69 Å². The Morgan fingerprint density at radius 3 is 2.29 bits per heavy atom. The predicted octanol–water partition coefficient (Wildman–Crippen LogP) is 3.05. The van der Waals surface area contributed by atoms with Crippen LogP contribution in [-0.4, -0.2) is 37.2 Å². The van der Waals surface area contributed by atoms with Gasteiger partial charge in [-0.3, -0.25) is 0 Å². The Kier molecular flexibility index (Phi) is 6.56. The number of aromatic carboxylic acids is 1. The average molecular weight is 425 g/mol. The summed E-state index contributed by atoms with van der Waals surface area (Å²) in [6.07, 6.45) is 6.37. The summed E-state index contributed by atoms with van der Waals surface area (Å²) in [7, 11) is 2.45. The summed E-state index contributed by atoms with van der Waals surface area (Å²) >= 11 is 0. The number of rotatable bonds is 7. The standard InChI is InChI=1S/C22H19NO8/c1-28-21(26)17-5-3-4-12-23(19(17)22(27)29-2)14-6-8-15(9-7-14)30-13-16-10-11-18(31-16)20(24)25/h3-12H,13H2,1-2H3,(H,24,25). The number of nitrogens with zero attached hydrogens (tertiary/aromatic N) is 1. The number of esters is 2. The maximum atomic E-state index is 12.4. The Morgan fingerprint density at radius 2 is 1.68 bits per heavy atom. The summed E-state index contributed by atoms with van der Waals surface area (Å²) < 4.78 is 20.4. The van der Waals surface area contributed by atoms with Crippen LogP contribution in [0.2, 0.25) is 0 Å². The number of carbonyl (C=O) groups excluding carboxylic acids is 2. The first-order valence-electron chi connectivity index (χ1n) is 9.04. The van der Waals surface area contributed by atoms with E-state index in [0.29, 0.717) is 17.2 Å². The van der Waals surface area contributed by atoms with E-state index in [1.807, 2.05) is 0 Å². The van der Waals surface area contributed by atoms with Crippen LogP contribution in [0.3, 0.4) is 0 Å². The van der Waals surface area contributed by atoms with Gasteiger partial charge < -0.3 is 28.6 Å². The quantitative estimate of drug-likeness (QED) is 0.668. The van der Waals surface area contributed by atoms with Crippen LogP contribution in [0.5, 0.6) is 5.75 Å². The van der Waals surface area contributed by atoms with Gasteiger partial charge in [-0.05, 0) is 48.6 Å². The number of furan rings is 1. The molecule has 0 saturated carbocycles. The van der Waals surface area contributed by atoms with Crippen LogP contribution in [0, 0.1) is 0 Å². The number of benzene rings is 1. The van der Waals surface area contributed by atoms with Gasteiger partial charge >= 0.3 is 17.9 Å². The second-order valence-corrected chi connectivity index (χ2v) is 6.17. The van der Waals surface area contributed by atoms with Crippen LogP contribution in [0.25, 0.3) is 0 Å². The Hall–Kier alpha value is -4.27. The number of hydrogen-bond acceptors (Lipinski definition) is 8. The SMILES string of the molecule is COC(=O)C1=C(C(=O)OC)N(c2ccc(OCc3ccc(C(=O)O)o3)cc2)C=CC=C1. The monoisotopic (exact) mass is 425 g/mol. The molecule has 0 bridgehead atoms. The molecule has 0 amide bonds. The highest BCUT2D eigenvalue weighted by Gasteiger charge is 2.27. The van der Waals surface area contributed by atoms with Crippen molar-refractivity contribution in [2.24, 2.45) is 0 Å². The Morgan fingerprint density at radius 1 is 0.968 bits per heavy atom. The molecule has 0 fully saturated rings. The smallest absolute Gasteiger partial charge is 0.371 e. The summed E-state index contributed by atoms with van der Waals surface area (Å²) in [4.78, 5) is 37.0. The molecule has 1 aromatic carbocycles. The molecule has 1 N–H and O–H groups in total. The third-order valence-corrected chi connectivity index (χ3v) is 4.26. The van der Waals surface area contributed by atoms with Gasteiger partial charge in [0, 0.05) is 11.9 Å². The minimum atomic E-state index is -1.16. The lowest BCUT2D eigenvalue weighted by atomic mass is 10.1. The molecule has 2 heterocycles. The van der Waals surface area contributed by atoms with E-state index in [4.69, 9.17) is 23.7 Å². The molecule has 2 aromatic rings. The molecular formula is C22H19NO8. The third-order valence-electron chi connectivity index (χ3n) is 4.26. The van der Waals surface area contributed by atoms with E-state index < -0.39 is 17.9 Å². The van der Waals surface area contributed by atoms with Crippen molar-refractivity contribution in [1.29, 1.82) is 0 Å². The lowest BCUT2D eigenvalue weighted by molar-refractivity contribution is -0.139. The zero-order chi connectivity index (χ0) is 22.4. The molecule has 1 aromatic heterocycles. The first-order valence-corrected chi connectivity index (χ1v) is 9.04. The van der Waals surface area contributed by atoms with E-state index in [2.05, 4.69) is 0 Å². The van der Waals surface area contributed by atoms with Gasteiger partial charge in [0.1, 0.15) is 23.8 Å². The molecule has 1 aliphatic heterocycles. The highest BCUT2D eigenvalue weighted by Crippen LogP contribution is 2.28. The average Bonchev–Trinajstić information content (AvgIpc) is 3.16. The van der Waals surface area contributed by atoms with Crippen molar-refractivity contribution in [3.8, 4) is 5.75 Å². The Labute approximate surface area is 177 Å². The second-order valence-electron chi connectivity index (χ2n) is 6.17. The van der Waals surface area contributed by atoms with Gasteiger partial charge in [-0.15, -0.1) is 0 Å². The number of carboxylic acids is 1. The van der Waals surface area contributed by atoms with E-state index in [0.717, 1.165) is 0 Å². The number of hydrogen-bond donors (Lipinski definition) is 1.